The number of benzene rings is 1. The van der Waals surface area contributed by atoms with E-state index in [2.05, 4.69) is 20.4 Å². The van der Waals surface area contributed by atoms with Crippen LogP contribution in [0.5, 0.6) is 0 Å². The Labute approximate surface area is 170 Å². The first-order valence-corrected chi connectivity index (χ1v) is 9.80. The average Bonchev–Trinajstić information content (AvgIpc) is 3.32. The summed E-state index contributed by atoms with van der Waals surface area (Å²) in [6.45, 7) is 2.69. The van der Waals surface area contributed by atoms with Crippen LogP contribution in [-0.2, 0) is 11.3 Å². The first-order chi connectivity index (χ1) is 13.6. The van der Waals surface area contributed by atoms with Gasteiger partial charge in [-0.1, -0.05) is 23.7 Å². The number of aromatic nitrogens is 4. The van der Waals surface area contributed by atoms with Crippen LogP contribution in [-0.4, -0.2) is 32.2 Å². The van der Waals surface area contributed by atoms with Crippen LogP contribution < -0.4 is 5.32 Å². The highest BCUT2D eigenvalue weighted by molar-refractivity contribution is 7.15. The van der Waals surface area contributed by atoms with Crippen molar-refractivity contribution in [2.45, 2.75) is 13.5 Å². The molecule has 4 aromatic rings. The summed E-state index contributed by atoms with van der Waals surface area (Å²) in [7, 11) is 0. The lowest BCUT2D eigenvalue weighted by Gasteiger charge is -2.09. The van der Waals surface area contributed by atoms with E-state index >= 15 is 0 Å². The summed E-state index contributed by atoms with van der Waals surface area (Å²) in [4.78, 5) is 21.4. The van der Waals surface area contributed by atoms with E-state index in [0.717, 1.165) is 21.8 Å². The quantitative estimate of drug-likeness (QED) is 0.475. The number of carbonyl (C=O) groups is 1. The van der Waals surface area contributed by atoms with Crippen LogP contribution in [0.25, 0.3) is 16.9 Å². The van der Waals surface area contributed by atoms with Crippen LogP contribution in [0.2, 0.25) is 4.47 Å². The molecule has 28 heavy (non-hydrogen) atoms. The maximum Gasteiger partial charge on any atom is 0.358 e. The molecular weight excluding hydrogens is 398 g/mol. The van der Waals surface area contributed by atoms with Crippen LogP contribution in [0.3, 0.4) is 0 Å². The molecule has 4 rings (SSSR count). The second-order valence-corrected chi connectivity index (χ2v) is 7.56. The van der Waals surface area contributed by atoms with Crippen molar-refractivity contribution in [2.75, 3.05) is 11.9 Å². The first-order valence-electron chi connectivity index (χ1n) is 8.60. The molecule has 142 valence electrons. The van der Waals surface area contributed by atoms with E-state index in [9.17, 15) is 4.79 Å². The second kappa shape index (κ2) is 7.95. The Morgan fingerprint density at radius 3 is 2.96 bits per heavy atom. The minimum atomic E-state index is -0.461. The smallest absolute Gasteiger partial charge is 0.358 e. The lowest BCUT2D eigenvalue weighted by atomic mass is 10.1. The Bertz CT molecular complexity index is 1140. The topological polar surface area (TPSA) is 81.4 Å². The van der Waals surface area contributed by atoms with Crippen molar-refractivity contribution >= 4 is 40.2 Å². The van der Waals surface area contributed by atoms with Gasteiger partial charge in [-0.25, -0.2) is 19.3 Å². The van der Waals surface area contributed by atoms with E-state index in [1.54, 1.807) is 29.9 Å². The first kappa shape index (κ1) is 18.4. The zero-order chi connectivity index (χ0) is 19.5. The Hall–Kier alpha value is -2.97. The summed E-state index contributed by atoms with van der Waals surface area (Å²) >= 11 is 7.32. The molecule has 3 heterocycles. The number of carbonyl (C=O) groups excluding carboxylic acids is 1. The maximum absolute atomic E-state index is 12.0. The van der Waals surface area contributed by atoms with E-state index in [4.69, 9.17) is 16.3 Å². The highest BCUT2D eigenvalue weighted by atomic mass is 35.5. The molecule has 0 saturated heterocycles. The van der Waals surface area contributed by atoms with Crippen molar-refractivity contribution in [3.05, 3.63) is 63.8 Å². The molecule has 0 bridgehead atoms. The van der Waals surface area contributed by atoms with Crippen molar-refractivity contribution in [3.63, 3.8) is 0 Å². The minimum absolute atomic E-state index is 0.234. The molecule has 1 N–H and O–H groups in total. The maximum atomic E-state index is 12.0. The number of anilines is 1. The number of thiazole rings is 1. The molecular formula is C19H16ClN5O2S. The van der Waals surface area contributed by atoms with Gasteiger partial charge in [0.1, 0.15) is 0 Å². The van der Waals surface area contributed by atoms with E-state index in [1.165, 1.54) is 11.3 Å². The normalized spacial score (nSPS) is 10.9. The van der Waals surface area contributed by atoms with Crippen molar-refractivity contribution in [2.24, 2.45) is 0 Å². The standard InChI is InChI=1S/C19H16ClN5O2S/c1-2-27-18(26)15-9-17-21-7-6-16(25(17)24-15)12-4-3-5-13(8-12)22-10-14-11-23-19(20)28-14/h3-9,11,22H,2,10H2,1H3. The number of esters is 1. The van der Waals surface area contributed by atoms with Gasteiger partial charge in [0.15, 0.2) is 15.8 Å². The summed E-state index contributed by atoms with van der Waals surface area (Å²) in [6, 6.07) is 11.4. The SMILES string of the molecule is CCOC(=O)c1cc2nccc(-c3cccc(NCc4cnc(Cl)s4)c3)n2n1. The fourth-order valence-corrected chi connectivity index (χ4v) is 3.68. The highest BCUT2D eigenvalue weighted by Crippen LogP contribution is 2.24. The van der Waals surface area contributed by atoms with Gasteiger partial charge in [0.05, 0.1) is 18.8 Å². The lowest BCUT2D eigenvalue weighted by molar-refractivity contribution is 0.0519. The number of fused-ring (bicyclic) bond motifs is 1. The minimum Gasteiger partial charge on any atom is -0.461 e. The van der Waals surface area contributed by atoms with E-state index < -0.39 is 5.97 Å². The number of halogens is 1. The predicted molar refractivity (Wildman–Crippen MR) is 109 cm³/mol. The molecule has 0 saturated carbocycles. The number of nitrogens with one attached hydrogen (secondary N) is 1. The van der Waals surface area contributed by atoms with Crippen LogP contribution in [0, 0.1) is 0 Å². The summed E-state index contributed by atoms with van der Waals surface area (Å²) in [5, 5.41) is 7.74. The largest absolute Gasteiger partial charge is 0.461 e. The molecule has 0 spiro atoms. The van der Waals surface area contributed by atoms with Gasteiger partial charge in [-0.15, -0.1) is 11.3 Å². The Balaban J connectivity index is 1.63. The second-order valence-electron chi connectivity index (χ2n) is 5.86. The van der Waals surface area contributed by atoms with Crippen LogP contribution in [0.15, 0.2) is 48.8 Å². The van der Waals surface area contributed by atoms with Crippen molar-refractivity contribution in [1.29, 1.82) is 0 Å². The Kier molecular flexibility index (Phi) is 5.23. The summed E-state index contributed by atoms with van der Waals surface area (Å²) in [5.41, 5.74) is 3.53. The molecule has 0 radical (unpaired) electrons. The number of hydrogen-bond donors (Lipinski definition) is 1. The third kappa shape index (κ3) is 3.83. The third-order valence-electron chi connectivity index (χ3n) is 3.99. The Morgan fingerprint density at radius 2 is 2.18 bits per heavy atom. The molecule has 9 heteroatoms. The van der Waals surface area contributed by atoms with Crippen molar-refractivity contribution in [1.82, 2.24) is 19.6 Å². The third-order valence-corrected chi connectivity index (χ3v) is 5.11. The van der Waals surface area contributed by atoms with Crippen molar-refractivity contribution < 1.29 is 9.53 Å². The lowest BCUT2D eigenvalue weighted by Crippen LogP contribution is -2.06. The molecule has 0 atom stereocenters. The van der Waals surface area contributed by atoms with E-state index in [-0.39, 0.29) is 5.69 Å². The van der Waals surface area contributed by atoms with Gasteiger partial charge < -0.3 is 10.1 Å². The zero-order valence-electron chi connectivity index (χ0n) is 14.9. The number of hydrogen-bond acceptors (Lipinski definition) is 7. The molecule has 1 aromatic carbocycles. The molecule has 0 aliphatic heterocycles. The number of rotatable bonds is 6. The van der Waals surface area contributed by atoms with E-state index in [1.807, 2.05) is 30.3 Å². The fraction of sp³-hybridized carbons (Fsp3) is 0.158. The van der Waals surface area contributed by atoms with Gasteiger partial charge in [0.2, 0.25) is 0 Å². The predicted octanol–water partition coefficient (Wildman–Crippen LogP) is 4.30. The van der Waals surface area contributed by atoms with Gasteiger partial charge >= 0.3 is 5.97 Å². The summed E-state index contributed by atoms with van der Waals surface area (Å²) in [5.74, 6) is -0.461. The molecule has 7 nitrogen and oxygen atoms in total. The number of ether oxygens (including phenoxy) is 1. The Morgan fingerprint density at radius 1 is 1.29 bits per heavy atom. The van der Waals surface area contributed by atoms with Gasteiger partial charge in [-0.2, -0.15) is 5.10 Å². The van der Waals surface area contributed by atoms with Crippen molar-refractivity contribution in [3.8, 4) is 11.3 Å². The van der Waals surface area contributed by atoms with E-state index in [0.29, 0.717) is 23.3 Å². The summed E-state index contributed by atoms with van der Waals surface area (Å²) < 4.78 is 7.21. The molecule has 0 fully saturated rings. The zero-order valence-corrected chi connectivity index (χ0v) is 16.5. The molecule has 3 aromatic heterocycles. The highest BCUT2D eigenvalue weighted by Gasteiger charge is 2.15. The molecule has 0 aliphatic rings. The molecule has 0 amide bonds. The average molecular weight is 414 g/mol. The van der Waals surface area contributed by atoms with Crippen LogP contribution in [0.4, 0.5) is 5.69 Å². The summed E-state index contributed by atoms with van der Waals surface area (Å²) in [6.07, 6.45) is 3.46. The van der Waals surface area contributed by atoms with Crippen LogP contribution >= 0.6 is 22.9 Å². The van der Waals surface area contributed by atoms with Gasteiger partial charge in [0, 0.05) is 34.6 Å². The molecule has 0 aliphatic carbocycles. The molecule has 0 unspecified atom stereocenters. The van der Waals surface area contributed by atoms with Gasteiger partial charge in [0.25, 0.3) is 0 Å². The monoisotopic (exact) mass is 413 g/mol. The van der Waals surface area contributed by atoms with Crippen LogP contribution in [0.1, 0.15) is 22.3 Å². The van der Waals surface area contributed by atoms with Gasteiger partial charge in [-0.05, 0) is 25.1 Å². The van der Waals surface area contributed by atoms with Gasteiger partial charge in [-0.3, -0.25) is 0 Å². The fourth-order valence-electron chi connectivity index (χ4n) is 2.76. The number of nitrogens with zero attached hydrogens (tertiary/aromatic N) is 4.